The molecular weight excluding hydrogens is 466 g/mol. The molecule has 1 saturated heterocycles. The number of amides is 3. The van der Waals surface area contributed by atoms with Gasteiger partial charge in [-0.05, 0) is 61.2 Å². The van der Waals surface area contributed by atoms with E-state index in [1.807, 2.05) is 37.3 Å². The summed E-state index contributed by atoms with van der Waals surface area (Å²) < 4.78 is 28.6. The summed E-state index contributed by atoms with van der Waals surface area (Å²) in [6.07, 6.45) is 3.17. The lowest BCUT2D eigenvalue weighted by molar-refractivity contribution is 0.0942. The van der Waals surface area contributed by atoms with Gasteiger partial charge < -0.3 is 20.5 Å². The highest BCUT2D eigenvalue weighted by Crippen LogP contribution is 2.22. The van der Waals surface area contributed by atoms with Crippen molar-refractivity contribution in [2.24, 2.45) is 7.05 Å². The van der Waals surface area contributed by atoms with E-state index in [-0.39, 0.29) is 29.1 Å². The summed E-state index contributed by atoms with van der Waals surface area (Å²) >= 11 is 0. The summed E-state index contributed by atoms with van der Waals surface area (Å²) in [5.41, 5.74) is 3.36. The highest BCUT2D eigenvalue weighted by Gasteiger charge is 2.29. The van der Waals surface area contributed by atoms with E-state index in [0.717, 1.165) is 24.0 Å². The summed E-state index contributed by atoms with van der Waals surface area (Å²) in [6, 6.07) is 15.7. The van der Waals surface area contributed by atoms with Crippen LogP contribution in [0, 0.1) is 6.92 Å². The number of carbonyl (C=O) groups excluding carboxylic acids is 2. The molecule has 0 bridgehead atoms. The van der Waals surface area contributed by atoms with Gasteiger partial charge in [0.1, 0.15) is 10.6 Å². The van der Waals surface area contributed by atoms with Crippen LogP contribution in [-0.4, -0.2) is 42.3 Å². The molecule has 3 amide bonds. The normalized spacial score (nSPS) is 14.0. The Morgan fingerprint density at radius 1 is 0.943 bits per heavy atom. The van der Waals surface area contributed by atoms with E-state index in [2.05, 4.69) is 16.0 Å². The van der Waals surface area contributed by atoms with E-state index in [1.165, 1.54) is 21.1 Å². The topological polar surface area (TPSA) is 113 Å². The molecule has 184 valence electrons. The molecule has 0 spiro atoms. The maximum absolute atomic E-state index is 12.8. The summed E-state index contributed by atoms with van der Waals surface area (Å²) in [5, 5.41) is 8.40. The maximum atomic E-state index is 12.8. The summed E-state index contributed by atoms with van der Waals surface area (Å²) in [6.45, 7) is 3.18. The van der Waals surface area contributed by atoms with Gasteiger partial charge in [0.25, 0.3) is 5.91 Å². The van der Waals surface area contributed by atoms with E-state index in [0.29, 0.717) is 24.5 Å². The first-order chi connectivity index (χ1) is 16.7. The number of carbonyl (C=O) groups is 2. The summed E-state index contributed by atoms with van der Waals surface area (Å²) in [5.74, 6) is -0.383. The fourth-order valence-electron chi connectivity index (χ4n) is 4.03. The Balaban J connectivity index is 1.37. The molecule has 0 atom stereocenters. The minimum Gasteiger partial charge on any atom is -0.347 e. The van der Waals surface area contributed by atoms with Gasteiger partial charge in [-0.2, -0.15) is 4.31 Å². The van der Waals surface area contributed by atoms with Gasteiger partial charge in [0, 0.05) is 44.3 Å². The number of benzene rings is 2. The second-order valence-corrected chi connectivity index (χ2v) is 10.6. The molecule has 3 N–H and O–H groups in total. The molecule has 1 fully saturated rings. The van der Waals surface area contributed by atoms with Gasteiger partial charge in [-0.1, -0.05) is 24.3 Å². The predicted octanol–water partition coefficient (Wildman–Crippen LogP) is 3.69. The van der Waals surface area contributed by atoms with Crippen molar-refractivity contribution in [1.29, 1.82) is 0 Å². The van der Waals surface area contributed by atoms with E-state index < -0.39 is 10.0 Å². The zero-order valence-corrected chi connectivity index (χ0v) is 20.6. The molecule has 35 heavy (non-hydrogen) atoms. The molecular formula is C25H29N5O4S. The van der Waals surface area contributed by atoms with Crippen molar-refractivity contribution in [3.63, 3.8) is 0 Å². The zero-order chi connectivity index (χ0) is 25.0. The predicted molar refractivity (Wildman–Crippen MR) is 135 cm³/mol. The van der Waals surface area contributed by atoms with Crippen molar-refractivity contribution in [1.82, 2.24) is 14.2 Å². The molecule has 0 aliphatic carbocycles. The number of hydrogen-bond acceptors (Lipinski definition) is 4. The van der Waals surface area contributed by atoms with Gasteiger partial charge in [0.05, 0.1) is 0 Å². The second-order valence-electron chi connectivity index (χ2n) is 8.61. The number of sulfonamides is 1. The van der Waals surface area contributed by atoms with Crippen molar-refractivity contribution in [2.75, 3.05) is 23.7 Å². The minimum absolute atomic E-state index is 0.123. The molecule has 4 rings (SSSR count). The third-order valence-electron chi connectivity index (χ3n) is 5.83. The molecule has 3 aromatic rings. The van der Waals surface area contributed by atoms with Gasteiger partial charge in [-0.25, -0.2) is 13.2 Å². The summed E-state index contributed by atoms with van der Waals surface area (Å²) in [7, 11) is -1.95. The molecule has 2 aromatic carbocycles. The molecule has 10 heteroatoms. The third kappa shape index (κ3) is 5.90. The molecule has 1 aliphatic rings. The number of hydrogen-bond donors (Lipinski definition) is 3. The van der Waals surface area contributed by atoms with E-state index in [4.69, 9.17) is 0 Å². The lowest BCUT2D eigenvalue weighted by atomic mass is 10.2. The van der Waals surface area contributed by atoms with Crippen molar-refractivity contribution in [3.05, 3.63) is 77.6 Å². The van der Waals surface area contributed by atoms with Crippen molar-refractivity contribution in [2.45, 2.75) is 31.2 Å². The standard InChI is InChI=1S/C25H29N5O4S/c1-18-7-5-9-20(13-18)27-25(32)28-21-10-6-8-19(14-21)16-26-24(31)23-15-22(17-29(23)2)35(33,34)30-11-3-4-12-30/h5-10,13-15,17H,3-4,11-12,16H2,1-2H3,(H,26,31)(H2,27,28,32). The SMILES string of the molecule is Cc1cccc(NC(=O)Nc2cccc(CNC(=O)c3cc(S(=O)(=O)N4CCCC4)cn3C)c2)c1. The van der Waals surface area contributed by atoms with Crippen LogP contribution in [0.4, 0.5) is 16.2 Å². The quantitative estimate of drug-likeness (QED) is 0.464. The highest BCUT2D eigenvalue weighted by molar-refractivity contribution is 7.89. The number of nitrogens with zero attached hydrogens (tertiary/aromatic N) is 2. The Bertz CT molecular complexity index is 1340. The first kappa shape index (κ1) is 24.5. The first-order valence-corrected chi connectivity index (χ1v) is 12.8. The van der Waals surface area contributed by atoms with Gasteiger partial charge in [0.2, 0.25) is 10.0 Å². The summed E-state index contributed by atoms with van der Waals surface area (Å²) in [4.78, 5) is 25.2. The Labute approximate surface area is 205 Å². The molecule has 9 nitrogen and oxygen atoms in total. The van der Waals surface area contributed by atoms with Crippen LogP contribution in [0.1, 0.15) is 34.5 Å². The fraction of sp³-hybridized carbons (Fsp3) is 0.280. The van der Waals surface area contributed by atoms with Crippen LogP contribution >= 0.6 is 0 Å². The lowest BCUT2D eigenvalue weighted by Crippen LogP contribution is -2.27. The molecule has 1 aromatic heterocycles. The molecule has 2 heterocycles. The third-order valence-corrected chi connectivity index (χ3v) is 7.69. The van der Waals surface area contributed by atoms with Crippen molar-refractivity contribution in [3.8, 4) is 0 Å². The van der Waals surface area contributed by atoms with Crippen LogP contribution in [-0.2, 0) is 23.6 Å². The Morgan fingerprint density at radius 2 is 1.60 bits per heavy atom. The lowest BCUT2D eigenvalue weighted by Gasteiger charge is -2.13. The first-order valence-electron chi connectivity index (χ1n) is 11.4. The molecule has 1 aliphatic heterocycles. The van der Waals surface area contributed by atoms with Crippen LogP contribution in [0.2, 0.25) is 0 Å². The van der Waals surface area contributed by atoms with Crippen LogP contribution in [0.25, 0.3) is 0 Å². The largest absolute Gasteiger partial charge is 0.347 e. The Morgan fingerprint density at radius 3 is 2.29 bits per heavy atom. The van der Waals surface area contributed by atoms with Crippen LogP contribution < -0.4 is 16.0 Å². The van der Waals surface area contributed by atoms with Gasteiger partial charge in [-0.15, -0.1) is 0 Å². The number of nitrogens with one attached hydrogen (secondary N) is 3. The van der Waals surface area contributed by atoms with Crippen LogP contribution in [0.3, 0.4) is 0 Å². The number of aryl methyl sites for hydroxylation is 2. The highest BCUT2D eigenvalue weighted by atomic mass is 32.2. The smallest absolute Gasteiger partial charge is 0.323 e. The monoisotopic (exact) mass is 495 g/mol. The van der Waals surface area contributed by atoms with Crippen molar-refractivity contribution < 1.29 is 18.0 Å². The molecule has 0 saturated carbocycles. The molecule has 0 unspecified atom stereocenters. The maximum Gasteiger partial charge on any atom is 0.323 e. The van der Waals surface area contributed by atoms with Crippen LogP contribution in [0.15, 0.2) is 65.7 Å². The van der Waals surface area contributed by atoms with Gasteiger partial charge in [-0.3, -0.25) is 4.79 Å². The van der Waals surface area contributed by atoms with Crippen LogP contribution in [0.5, 0.6) is 0 Å². The fourth-order valence-corrected chi connectivity index (χ4v) is 5.62. The number of urea groups is 1. The zero-order valence-electron chi connectivity index (χ0n) is 19.7. The Kier molecular flexibility index (Phi) is 7.23. The van der Waals surface area contributed by atoms with Gasteiger partial charge in [0.15, 0.2) is 0 Å². The van der Waals surface area contributed by atoms with Crippen molar-refractivity contribution >= 4 is 33.3 Å². The van der Waals surface area contributed by atoms with E-state index in [1.54, 1.807) is 25.2 Å². The number of aromatic nitrogens is 1. The molecule has 0 radical (unpaired) electrons. The van der Waals surface area contributed by atoms with E-state index in [9.17, 15) is 18.0 Å². The minimum atomic E-state index is -3.60. The average molecular weight is 496 g/mol. The van der Waals surface area contributed by atoms with E-state index >= 15 is 0 Å². The second kappa shape index (κ2) is 10.3. The van der Waals surface area contributed by atoms with Gasteiger partial charge >= 0.3 is 6.03 Å². The number of anilines is 2. The Hall–Kier alpha value is -3.63. The number of rotatable bonds is 7. The average Bonchev–Trinajstić information content (AvgIpc) is 3.48.